The molecule has 2 aromatic heterocycles. The molecule has 36 heavy (non-hydrogen) atoms. The number of fused-ring (bicyclic) bond motifs is 1. The van der Waals surface area contributed by atoms with Crippen LogP contribution in [0.4, 0.5) is 17.3 Å². The maximum Gasteiger partial charge on any atom is 0.229 e. The number of aromatic amines is 1. The Balaban J connectivity index is 1.50. The van der Waals surface area contributed by atoms with Gasteiger partial charge >= 0.3 is 0 Å². The highest BCUT2D eigenvalue weighted by Gasteiger charge is 2.19. The lowest BCUT2D eigenvalue weighted by atomic mass is 10.0. The minimum absolute atomic E-state index is 0.0532. The van der Waals surface area contributed by atoms with Gasteiger partial charge < -0.3 is 15.1 Å². The van der Waals surface area contributed by atoms with Gasteiger partial charge in [-0.05, 0) is 43.0 Å². The van der Waals surface area contributed by atoms with E-state index in [4.69, 9.17) is 28.2 Å². The number of carbonyl (C=O) groups is 1. The third-order valence-electron chi connectivity index (χ3n) is 6.22. The maximum atomic E-state index is 11.9. The molecule has 184 valence electrons. The first-order chi connectivity index (χ1) is 17.4. The number of anilines is 3. The molecule has 0 unspecified atom stereocenters. The van der Waals surface area contributed by atoms with Gasteiger partial charge in [0.2, 0.25) is 5.95 Å². The Kier molecular flexibility index (Phi) is 6.91. The second-order valence-corrected chi connectivity index (χ2v) is 9.55. The number of H-pyrrole nitrogens is 1. The van der Waals surface area contributed by atoms with E-state index in [9.17, 15) is 4.79 Å². The monoisotopic (exact) mass is 521 g/mol. The van der Waals surface area contributed by atoms with Crippen molar-refractivity contribution in [3.05, 3.63) is 70.9 Å². The van der Waals surface area contributed by atoms with Crippen molar-refractivity contribution in [1.29, 1.82) is 0 Å². The lowest BCUT2D eigenvalue weighted by Gasteiger charge is -2.34. The molecular formula is C26H25Cl2N7O. The van der Waals surface area contributed by atoms with E-state index in [2.05, 4.69) is 43.9 Å². The number of rotatable bonds is 7. The van der Waals surface area contributed by atoms with Gasteiger partial charge in [-0.15, -0.1) is 0 Å². The Hall–Kier alpha value is -3.46. The van der Waals surface area contributed by atoms with E-state index in [1.807, 2.05) is 42.5 Å². The molecule has 0 amide bonds. The predicted octanol–water partition coefficient (Wildman–Crippen LogP) is 5.12. The van der Waals surface area contributed by atoms with Crippen molar-refractivity contribution in [3.8, 4) is 11.3 Å². The molecule has 0 radical (unpaired) electrons. The van der Waals surface area contributed by atoms with Crippen LogP contribution in [0.5, 0.6) is 0 Å². The van der Waals surface area contributed by atoms with Gasteiger partial charge in [0.1, 0.15) is 5.15 Å². The summed E-state index contributed by atoms with van der Waals surface area (Å²) >= 11 is 13.0. The summed E-state index contributed by atoms with van der Waals surface area (Å²) in [4.78, 5) is 25.8. The van der Waals surface area contributed by atoms with Crippen molar-refractivity contribution in [2.45, 2.75) is 6.42 Å². The summed E-state index contributed by atoms with van der Waals surface area (Å²) in [6, 6.07) is 13.4. The number of aromatic nitrogens is 4. The largest absolute Gasteiger partial charge is 0.368 e. The van der Waals surface area contributed by atoms with Gasteiger partial charge in [-0.1, -0.05) is 48.0 Å². The molecule has 0 spiro atoms. The van der Waals surface area contributed by atoms with Crippen LogP contribution in [0.2, 0.25) is 10.2 Å². The average Bonchev–Trinajstić information content (AvgIpc) is 3.26. The van der Waals surface area contributed by atoms with E-state index in [-0.39, 0.29) is 12.2 Å². The van der Waals surface area contributed by atoms with E-state index in [0.29, 0.717) is 32.9 Å². The first-order valence-electron chi connectivity index (χ1n) is 11.6. The molecule has 2 aromatic carbocycles. The zero-order chi connectivity index (χ0) is 25.2. The summed E-state index contributed by atoms with van der Waals surface area (Å²) in [6.45, 7) is 7.33. The highest BCUT2D eigenvalue weighted by molar-refractivity contribution is 6.35. The molecule has 0 saturated carbocycles. The molecule has 0 aliphatic carbocycles. The number of nitrogens with one attached hydrogen (secondary N) is 2. The highest BCUT2D eigenvalue weighted by atomic mass is 35.5. The second-order valence-electron chi connectivity index (χ2n) is 8.76. The fraction of sp³-hybridized carbons (Fsp3) is 0.231. The molecule has 10 heteroatoms. The Bertz CT molecular complexity index is 1440. The van der Waals surface area contributed by atoms with Crippen molar-refractivity contribution < 1.29 is 4.79 Å². The Morgan fingerprint density at radius 1 is 1.14 bits per heavy atom. The quantitative estimate of drug-likeness (QED) is 0.326. The standard InChI is InChI=1S/C26H25Cl2N7O/c1-3-19(36)14-16-5-4-6-17(13-16)23-22-24(28)32-33-25(22)31-26(30-23)29-18-7-8-20(27)21(15-18)35-11-9-34(2)10-12-35/h3-8,13,15H,1,9-12,14H2,2H3,(H2,29,30,31,32,33). The van der Waals surface area contributed by atoms with Gasteiger partial charge in [0.05, 0.1) is 21.8 Å². The average molecular weight is 522 g/mol. The number of piperazine rings is 1. The van der Waals surface area contributed by atoms with Crippen molar-refractivity contribution in [2.75, 3.05) is 43.4 Å². The van der Waals surface area contributed by atoms with Crippen LogP contribution in [0, 0.1) is 0 Å². The summed E-state index contributed by atoms with van der Waals surface area (Å²) in [5.41, 5.74) is 4.49. The summed E-state index contributed by atoms with van der Waals surface area (Å²) < 4.78 is 0. The van der Waals surface area contributed by atoms with Crippen LogP contribution >= 0.6 is 23.2 Å². The summed E-state index contributed by atoms with van der Waals surface area (Å²) in [6.07, 6.45) is 1.59. The molecule has 3 heterocycles. The van der Waals surface area contributed by atoms with E-state index in [1.165, 1.54) is 6.08 Å². The number of halogens is 2. The molecule has 0 bridgehead atoms. The highest BCUT2D eigenvalue weighted by Crippen LogP contribution is 2.34. The van der Waals surface area contributed by atoms with Gasteiger partial charge in [-0.3, -0.25) is 9.89 Å². The van der Waals surface area contributed by atoms with E-state index < -0.39 is 0 Å². The number of ketones is 1. The van der Waals surface area contributed by atoms with Crippen molar-refractivity contribution in [2.24, 2.45) is 0 Å². The number of benzene rings is 2. The minimum Gasteiger partial charge on any atom is -0.368 e. The maximum absolute atomic E-state index is 11.9. The lowest BCUT2D eigenvalue weighted by molar-refractivity contribution is -0.114. The predicted molar refractivity (Wildman–Crippen MR) is 145 cm³/mol. The number of hydrogen-bond donors (Lipinski definition) is 2. The summed E-state index contributed by atoms with van der Waals surface area (Å²) in [5, 5.41) is 12.0. The second kappa shape index (κ2) is 10.3. The molecule has 4 aromatic rings. The van der Waals surface area contributed by atoms with Crippen LogP contribution in [-0.2, 0) is 11.2 Å². The number of carbonyl (C=O) groups excluding carboxylic acids is 1. The van der Waals surface area contributed by atoms with E-state index in [0.717, 1.165) is 48.7 Å². The number of nitrogens with zero attached hydrogens (tertiary/aromatic N) is 5. The van der Waals surface area contributed by atoms with Crippen molar-refractivity contribution >= 4 is 57.3 Å². The molecule has 1 aliphatic rings. The molecule has 2 N–H and O–H groups in total. The fourth-order valence-corrected chi connectivity index (χ4v) is 4.72. The fourth-order valence-electron chi connectivity index (χ4n) is 4.27. The number of likely N-dealkylation sites (N-methyl/N-ethyl adjacent to an activating group) is 1. The Morgan fingerprint density at radius 3 is 2.72 bits per heavy atom. The molecule has 1 aliphatic heterocycles. The zero-order valence-corrected chi connectivity index (χ0v) is 21.3. The first-order valence-corrected chi connectivity index (χ1v) is 12.3. The van der Waals surface area contributed by atoms with Gasteiger partial charge in [0.25, 0.3) is 0 Å². The smallest absolute Gasteiger partial charge is 0.229 e. The molecule has 1 saturated heterocycles. The topological polar surface area (TPSA) is 90.0 Å². The SMILES string of the molecule is C=CC(=O)Cc1cccc(-c2nc(Nc3ccc(Cl)c(N4CCN(C)CC4)c3)nc3n[nH]c(Cl)c23)c1. The van der Waals surface area contributed by atoms with Crippen LogP contribution in [0.15, 0.2) is 55.1 Å². The first kappa shape index (κ1) is 24.2. The van der Waals surface area contributed by atoms with E-state index in [1.54, 1.807) is 0 Å². The van der Waals surface area contributed by atoms with E-state index >= 15 is 0 Å². The lowest BCUT2D eigenvalue weighted by Crippen LogP contribution is -2.44. The zero-order valence-electron chi connectivity index (χ0n) is 19.8. The minimum atomic E-state index is -0.0532. The number of allylic oxidation sites excluding steroid dienone is 1. The number of hydrogen-bond acceptors (Lipinski definition) is 7. The Morgan fingerprint density at radius 2 is 1.94 bits per heavy atom. The van der Waals surface area contributed by atoms with Crippen molar-refractivity contribution in [1.82, 2.24) is 25.1 Å². The molecular weight excluding hydrogens is 497 g/mol. The molecule has 8 nitrogen and oxygen atoms in total. The third kappa shape index (κ3) is 5.06. The summed E-state index contributed by atoms with van der Waals surface area (Å²) in [7, 11) is 2.12. The van der Waals surface area contributed by atoms with Crippen LogP contribution in [0.1, 0.15) is 5.56 Å². The Labute approximate surface area is 218 Å². The van der Waals surface area contributed by atoms with Gasteiger partial charge in [0, 0.05) is 43.9 Å². The molecule has 5 rings (SSSR count). The van der Waals surface area contributed by atoms with Crippen LogP contribution in [-0.4, -0.2) is 64.1 Å². The van der Waals surface area contributed by atoms with Gasteiger partial charge in [0.15, 0.2) is 11.4 Å². The van der Waals surface area contributed by atoms with Gasteiger partial charge in [-0.2, -0.15) is 10.1 Å². The van der Waals surface area contributed by atoms with Crippen LogP contribution in [0.3, 0.4) is 0 Å². The van der Waals surface area contributed by atoms with Gasteiger partial charge in [-0.25, -0.2) is 4.98 Å². The normalized spacial score (nSPS) is 14.2. The van der Waals surface area contributed by atoms with Crippen molar-refractivity contribution in [3.63, 3.8) is 0 Å². The molecule has 1 fully saturated rings. The van der Waals surface area contributed by atoms with Crippen LogP contribution in [0.25, 0.3) is 22.3 Å². The van der Waals surface area contributed by atoms with Crippen LogP contribution < -0.4 is 10.2 Å². The summed E-state index contributed by atoms with van der Waals surface area (Å²) in [5.74, 6) is 0.322. The third-order valence-corrected chi connectivity index (χ3v) is 6.82. The molecule has 0 atom stereocenters.